The van der Waals surface area contributed by atoms with Crippen LogP contribution < -0.4 is 0 Å². The molecule has 1 aromatic carbocycles. The van der Waals surface area contributed by atoms with Crippen molar-refractivity contribution in [2.45, 2.75) is 12.5 Å². The number of hydrogen-bond acceptors (Lipinski definition) is 7. The van der Waals surface area contributed by atoms with E-state index in [4.69, 9.17) is 21.4 Å². The minimum atomic E-state index is -0.246. The van der Waals surface area contributed by atoms with Crippen LogP contribution in [0, 0.1) is 0 Å². The first kappa shape index (κ1) is 25.1. The number of amides is 2. The second-order valence-corrected chi connectivity index (χ2v) is 11.0. The molecule has 0 spiro atoms. The van der Waals surface area contributed by atoms with Crippen molar-refractivity contribution in [2.75, 3.05) is 45.9 Å². The third-order valence-electron chi connectivity index (χ3n) is 6.36. The number of hydrogen-bond donors (Lipinski definition) is 0. The van der Waals surface area contributed by atoms with E-state index in [1.165, 1.54) is 11.3 Å². The summed E-state index contributed by atoms with van der Waals surface area (Å²) >= 11 is 9.11. The molecule has 3 aromatic rings. The first-order valence-corrected chi connectivity index (χ1v) is 14.0. The van der Waals surface area contributed by atoms with Gasteiger partial charge in [-0.1, -0.05) is 35.9 Å². The average Bonchev–Trinajstić information content (AvgIpc) is 3.69. The molecule has 188 valence electrons. The highest BCUT2D eigenvalue weighted by molar-refractivity contribution is 7.12. The van der Waals surface area contributed by atoms with Crippen molar-refractivity contribution in [3.8, 4) is 0 Å². The molecule has 2 amide bonds. The second kappa shape index (κ2) is 11.7. The van der Waals surface area contributed by atoms with Gasteiger partial charge in [-0.3, -0.25) is 14.5 Å². The van der Waals surface area contributed by atoms with Gasteiger partial charge in [-0.15, -0.1) is 22.7 Å². The van der Waals surface area contributed by atoms with Gasteiger partial charge in [-0.2, -0.15) is 5.10 Å². The lowest BCUT2D eigenvalue weighted by molar-refractivity contribution is -0.133. The summed E-state index contributed by atoms with van der Waals surface area (Å²) in [6.45, 7) is 4.15. The molecule has 2 aliphatic rings. The standard InChI is InChI=1S/C26H27ClN4O3S2/c27-20-7-5-19(6-8-20)22-17-21(23-3-1-15-35-23)28-31(22)25(32)18-30(26(33)24-4-2-16-36-24)10-9-29-11-13-34-14-12-29/h1-8,15-16,22H,9-14,17-18H2. The van der Waals surface area contributed by atoms with Gasteiger partial charge in [-0.25, -0.2) is 5.01 Å². The average molecular weight is 543 g/mol. The molecular formula is C26H27ClN4O3S2. The Labute approximate surface area is 223 Å². The third kappa shape index (κ3) is 5.87. The van der Waals surface area contributed by atoms with Gasteiger partial charge in [0, 0.05) is 37.6 Å². The molecule has 1 fully saturated rings. The smallest absolute Gasteiger partial charge is 0.264 e. The highest BCUT2D eigenvalue weighted by Crippen LogP contribution is 2.34. The largest absolute Gasteiger partial charge is 0.379 e. The first-order valence-electron chi connectivity index (χ1n) is 11.9. The van der Waals surface area contributed by atoms with Gasteiger partial charge in [0.2, 0.25) is 0 Å². The van der Waals surface area contributed by atoms with Crippen LogP contribution in [0.1, 0.15) is 32.6 Å². The van der Waals surface area contributed by atoms with Crippen LogP contribution in [0.4, 0.5) is 0 Å². The fraction of sp³-hybridized carbons (Fsp3) is 0.346. The predicted octanol–water partition coefficient (Wildman–Crippen LogP) is 4.62. The first-order chi connectivity index (χ1) is 17.6. The van der Waals surface area contributed by atoms with Gasteiger partial charge in [0.05, 0.1) is 34.7 Å². The summed E-state index contributed by atoms with van der Waals surface area (Å²) < 4.78 is 5.44. The zero-order valence-electron chi connectivity index (χ0n) is 19.7. The zero-order chi connectivity index (χ0) is 24.9. The molecule has 1 saturated heterocycles. The van der Waals surface area contributed by atoms with Crippen molar-refractivity contribution >= 4 is 51.8 Å². The van der Waals surface area contributed by atoms with Gasteiger partial charge in [-0.05, 0) is 40.6 Å². The number of ether oxygens (including phenoxy) is 1. The Morgan fingerprint density at radius 1 is 1.06 bits per heavy atom. The van der Waals surface area contributed by atoms with E-state index in [-0.39, 0.29) is 24.4 Å². The highest BCUT2D eigenvalue weighted by Gasteiger charge is 2.35. The Kier molecular flexibility index (Phi) is 8.13. The zero-order valence-corrected chi connectivity index (χ0v) is 22.1. The van der Waals surface area contributed by atoms with Crippen molar-refractivity contribution in [1.82, 2.24) is 14.8 Å². The van der Waals surface area contributed by atoms with Crippen molar-refractivity contribution in [2.24, 2.45) is 5.10 Å². The SMILES string of the molecule is O=C(c1cccs1)N(CCN1CCOCC1)CC(=O)N1N=C(c2cccs2)CC1c1ccc(Cl)cc1. The van der Waals surface area contributed by atoms with Crippen LogP contribution >= 0.6 is 34.3 Å². The van der Waals surface area contributed by atoms with E-state index in [2.05, 4.69) is 4.90 Å². The van der Waals surface area contributed by atoms with Gasteiger partial charge < -0.3 is 9.64 Å². The van der Waals surface area contributed by atoms with Crippen LogP contribution in [-0.4, -0.2) is 78.3 Å². The number of benzene rings is 1. The highest BCUT2D eigenvalue weighted by atomic mass is 35.5. The molecule has 1 unspecified atom stereocenters. The lowest BCUT2D eigenvalue weighted by Crippen LogP contribution is -2.46. The number of hydrazone groups is 1. The molecule has 5 rings (SSSR count). The maximum absolute atomic E-state index is 13.7. The van der Waals surface area contributed by atoms with Crippen LogP contribution in [-0.2, 0) is 9.53 Å². The summed E-state index contributed by atoms with van der Waals surface area (Å²) in [6.07, 6.45) is 0.612. The Bertz CT molecular complexity index is 1190. The minimum absolute atomic E-state index is 0.0353. The molecule has 0 aliphatic carbocycles. The van der Waals surface area contributed by atoms with Crippen LogP contribution in [0.3, 0.4) is 0 Å². The number of carbonyl (C=O) groups excluding carboxylic acids is 2. The predicted molar refractivity (Wildman–Crippen MR) is 144 cm³/mol. The van der Waals surface area contributed by atoms with E-state index in [9.17, 15) is 9.59 Å². The summed E-state index contributed by atoms with van der Waals surface area (Å²) in [7, 11) is 0. The van der Waals surface area contributed by atoms with E-state index < -0.39 is 0 Å². The van der Waals surface area contributed by atoms with Gasteiger partial charge in [0.15, 0.2) is 0 Å². The van der Waals surface area contributed by atoms with Gasteiger partial charge in [0.1, 0.15) is 6.54 Å². The fourth-order valence-electron chi connectivity index (χ4n) is 4.41. The van der Waals surface area contributed by atoms with E-state index in [0.717, 1.165) is 29.2 Å². The van der Waals surface area contributed by atoms with Crippen molar-refractivity contribution in [3.63, 3.8) is 0 Å². The molecule has 1 atom stereocenters. The molecule has 2 aromatic heterocycles. The second-order valence-electron chi connectivity index (χ2n) is 8.69. The lowest BCUT2D eigenvalue weighted by Gasteiger charge is -2.31. The Hall–Kier alpha value is -2.56. The summed E-state index contributed by atoms with van der Waals surface area (Å²) in [5.41, 5.74) is 1.84. The normalized spacial score (nSPS) is 18.3. The Morgan fingerprint density at radius 2 is 1.81 bits per heavy atom. The summed E-state index contributed by atoms with van der Waals surface area (Å²) in [6, 6.07) is 15.0. The molecule has 7 nitrogen and oxygen atoms in total. The van der Waals surface area contributed by atoms with Crippen molar-refractivity contribution < 1.29 is 14.3 Å². The molecule has 0 N–H and O–H groups in total. The molecular weight excluding hydrogens is 516 g/mol. The number of thiophene rings is 2. The van der Waals surface area contributed by atoms with Crippen molar-refractivity contribution in [1.29, 1.82) is 0 Å². The maximum atomic E-state index is 13.7. The van der Waals surface area contributed by atoms with E-state index in [1.54, 1.807) is 27.3 Å². The molecule has 0 bridgehead atoms. The molecule has 0 saturated carbocycles. The van der Waals surface area contributed by atoms with Crippen LogP contribution in [0.15, 0.2) is 64.4 Å². The van der Waals surface area contributed by atoms with Gasteiger partial charge >= 0.3 is 0 Å². The molecule has 0 radical (unpaired) electrons. The van der Waals surface area contributed by atoms with Crippen LogP contribution in [0.2, 0.25) is 5.02 Å². The molecule has 2 aliphatic heterocycles. The molecule has 36 heavy (non-hydrogen) atoms. The summed E-state index contributed by atoms with van der Waals surface area (Å²) in [5.74, 6) is -0.329. The lowest BCUT2D eigenvalue weighted by atomic mass is 10.0. The minimum Gasteiger partial charge on any atom is -0.379 e. The number of rotatable bonds is 8. The van der Waals surface area contributed by atoms with E-state index >= 15 is 0 Å². The number of nitrogens with zero attached hydrogens (tertiary/aromatic N) is 4. The van der Waals surface area contributed by atoms with Gasteiger partial charge in [0.25, 0.3) is 11.8 Å². The van der Waals surface area contributed by atoms with E-state index in [0.29, 0.717) is 42.6 Å². The Balaban J connectivity index is 1.37. The number of morpholine rings is 1. The van der Waals surface area contributed by atoms with Crippen LogP contribution in [0.25, 0.3) is 0 Å². The molecule has 10 heteroatoms. The third-order valence-corrected chi connectivity index (χ3v) is 8.39. The number of carbonyl (C=O) groups is 2. The van der Waals surface area contributed by atoms with Crippen molar-refractivity contribution in [3.05, 3.63) is 79.6 Å². The fourth-order valence-corrected chi connectivity index (χ4v) is 5.95. The summed E-state index contributed by atoms with van der Waals surface area (Å²) in [5, 5.41) is 10.8. The maximum Gasteiger partial charge on any atom is 0.264 e. The molecule has 4 heterocycles. The topological polar surface area (TPSA) is 65.5 Å². The Morgan fingerprint density at radius 3 is 2.50 bits per heavy atom. The number of halogens is 1. The quantitative estimate of drug-likeness (QED) is 0.417. The van der Waals surface area contributed by atoms with Crippen LogP contribution in [0.5, 0.6) is 0 Å². The summed E-state index contributed by atoms with van der Waals surface area (Å²) in [4.78, 5) is 32.7. The van der Waals surface area contributed by atoms with E-state index in [1.807, 2.05) is 53.2 Å². The monoisotopic (exact) mass is 542 g/mol.